The van der Waals surface area contributed by atoms with E-state index in [4.69, 9.17) is 11.6 Å². The van der Waals surface area contributed by atoms with Crippen LogP contribution in [-0.4, -0.2) is 16.1 Å². The van der Waals surface area contributed by atoms with Crippen LogP contribution in [0.1, 0.15) is 12.2 Å². The summed E-state index contributed by atoms with van der Waals surface area (Å²) in [4.78, 5) is 7.46. The lowest BCUT2D eigenvalue weighted by Gasteiger charge is -2.05. The Labute approximate surface area is 97.0 Å². The fourth-order valence-electron chi connectivity index (χ4n) is 0.754. The van der Waals surface area contributed by atoms with Gasteiger partial charge in [0, 0.05) is 12.6 Å². The Morgan fingerprint density at radius 3 is 2.57 bits per heavy atom. The number of alkyl halides is 3. The zero-order valence-electron chi connectivity index (χ0n) is 6.78. The molecule has 0 amide bonds. The Balaban J connectivity index is 2.65. The second-order valence-corrected chi connectivity index (χ2v) is 4.06. The molecule has 1 heterocycles. The Bertz CT molecular complexity index is 329. The van der Waals surface area contributed by atoms with Crippen LogP contribution in [0.15, 0.2) is 6.20 Å². The number of rotatable bonds is 2. The maximum atomic E-state index is 11.8. The lowest BCUT2D eigenvalue weighted by Crippen LogP contribution is -2.10. The molecule has 78 valence electrons. The molecule has 0 bridgehead atoms. The highest BCUT2D eigenvalue weighted by molar-refractivity contribution is 14.1. The van der Waals surface area contributed by atoms with Crippen LogP contribution in [0, 0.1) is 3.57 Å². The molecule has 0 radical (unpaired) electrons. The monoisotopic (exact) mass is 336 g/mol. The van der Waals surface area contributed by atoms with Crippen LogP contribution >= 0.6 is 34.2 Å². The van der Waals surface area contributed by atoms with Gasteiger partial charge in [-0.1, -0.05) is 11.6 Å². The van der Waals surface area contributed by atoms with Gasteiger partial charge in [0.25, 0.3) is 0 Å². The van der Waals surface area contributed by atoms with E-state index in [0.717, 1.165) is 0 Å². The normalized spacial score (nSPS) is 11.8. The zero-order chi connectivity index (χ0) is 10.8. The molecule has 1 rings (SSSR count). The van der Waals surface area contributed by atoms with Crippen molar-refractivity contribution in [3.8, 4) is 0 Å². The van der Waals surface area contributed by atoms with Crippen molar-refractivity contribution >= 4 is 34.2 Å². The molecule has 0 fully saturated rings. The summed E-state index contributed by atoms with van der Waals surface area (Å²) in [7, 11) is 0. The number of hydrogen-bond donors (Lipinski definition) is 0. The van der Waals surface area contributed by atoms with Crippen LogP contribution in [-0.2, 0) is 6.42 Å². The van der Waals surface area contributed by atoms with Gasteiger partial charge in [-0.25, -0.2) is 9.97 Å². The number of halogens is 5. The summed E-state index contributed by atoms with van der Waals surface area (Å²) in [6, 6.07) is 0. The Morgan fingerprint density at radius 1 is 1.43 bits per heavy atom. The number of hydrogen-bond acceptors (Lipinski definition) is 2. The number of aryl methyl sites for hydroxylation is 1. The van der Waals surface area contributed by atoms with Gasteiger partial charge in [0.15, 0.2) is 0 Å². The van der Waals surface area contributed by atoms with Gasteiger partial charge in [0.2, 0.25) is 0 Å². The minimum atomic E-state index is -4.18. The zero-order valence-corrected chi connectivity index (χ0v) is 9.69. The van der Waals surface area contributed by atoms with Gasteiger partial charge >= 0.3 is 6.18 Å². The molecule has 0 N–H and O–H groups in total. The minimum Gasteiger partial charge on any atom is -0.240 e. The number of nitrogens with zero attached hydrogens (tertiary/aromatic N) is 2. The van der Waals surface area contributed by atoms with E-state index in [1.165, 1.54) is 6.20 Å². The Morgan fingerprint density at radius 2 is 2.07 bits per heavy atom. The smallest absolute Gasteiger partial charge is 0.240 e. The van der Waals surface area contributed by atoms with Crippen molar-refractivity contribution in [3.63, 3.8) is 0 Å². The predicted octanol–water partition coefficient (Wildman–Crippen LogP) is 3.23. The quantitative estimate of drug-likeness (QED) is 0.612. The first kappa shape index (κ1) is 12.0. The van der Waals surface area contributed by atoms with Crippen LogP contribution in [0.2, 0.25) is 5.15 Å². The lowest BCUT2D eigenvalue weighted by molar-refractivity contribution is -0.134. The van der Waals surface area contributed by atoms with Crippen LogP contribution in [0.4, 0.5) is 13.2 Å². The van der Waals surface area contributed by atoms with E-state index in [2.05, 4.69) is 9.97 Å². The Kier molecular flexibility index (Phi) is 3.94. The maximum absolute atomic E-state index is 11.8. The van der Waals surface area contributed by atoms with E-state index in [-0.39, 0.29) is 17.4 Å². The van der Waals surface area contributed by atoms with E-state index >= 15 is 0 Å². The fraction of sp³-hybridized carbons (Fsp3) is 0.429. The molecule has 2 nitrogen and oxygen atoms in total. The highest BCUT2D eigenvalue weighted by Gasteiger charge is 2.27. The third-order valence-corrected chi connectivity index (χ3v) is 2.78. The predicted molar refractivity (Wildman–Crippen MR) is 54.1 cm³/mol. The van der Waals surface area contributed by atoms with E-state index in [1.54, 1.807) is 0 Å². The van der Waals surface area contributed by atoms with Crippen molar-refractivity contribution in [1.29, 1.82) is 0 Å². The Hall–Kier alpha value is -0.110. The van der Waals surface area contributed by atoms with Gasteiger partial charge in [0.1, 0.15) is 11.0 Å². The highest BCUT2D eigenvalue weighted by atomic mass is 127. The van der Waals surface area contributed by atoms with Gasteiger partial charge in [-0.2, -0.15) is 13.2 Å². The average Bonchev–Trinajstić information content (AvgIpc) is 2.06. The third kappa shape index (κ3) is 3.95. The van der Waals surface area contributed by atoms with Crippen molar-refractivity contribution in [1.82, 2.24) is 9.97 Å². The van der Waals surface area contributed by atoms with Crippen LogP contribution < -0.4 is 0 Å². The van der Waals surface area contributed by atoms with Crippen molar-refractivity contribution in [3.05, 3.63) is 20.7 Å². The van der Waals surface area contributed by atoms with E-state index in [9.17, 15) is 13.2 Å². The molecule has 0 spiro atoms. The molecular formula is C7H5ClF3IN2. The van der Waals surface area contributed by atoms with Crippen LogP contribution in [0.25, 0.3) is 0 Å². The molecule has 0 atom stereocenters. The van der Waals surface area contributed by atoms with Crippen molar-refractivity contribution in [2.45, 2.75) is 19.0 Å². The molecule has 0 aliphatic rings. The van der Waals surface area contributed by atoms with Gasteiger partial charge in [-0.05, 0) is 22.6 Å². The summed E-state index contributed by atoms with van der Waals surface area (Å²) in [5, 5.41) is 0.192. The molecule has 1 aromatic rings. The van der Waals surface area contributed by atoms with Gasteiger partial charge < -0.3 is 0 Å². The summed E-state index contributed by atoms with van der Waals surface area (Å²) in [5.74, 6) is 0.118. The van der Waals surface area contributed by atoms with E-state index in [1.807, 2.05) is 22.6 Å². The lowest BCUT2D eigenvalue weighted by atomic mass is 10.3. The average molecular weight is 336 g/mol. The molecular weight excluding hydrogens is 331 g/mol. The summed E-state index contributed by atoms with van der Waals surface area (Å²) in [6.45, 7) is 0. The molecule has 7 heteroatoms. The highest BCUT2D eigenvalue weighted by Crippen LogP contribution is 2.22. The molecule has 0 aliphatic carbocycles. The van der Waals surface area contributed by atoms with Crippen LogP contribution in [0.3, 0.4) is 0 Å². The second kappa shape index (κ2) is 4.61. The molecule has 14 heavy (non-hydrogen) atoms. The first-order valence-corrected chi connectivity index (χ1v) is 5.08. The van der Waals surface area contributed by atoms with Crippen molar-refractivity contribution in [2.24, 2.45) is 0 Å². The van der Waals surface area contributed by atoms with Crippen LogP contribution in [0.5, 0.6) is 0 Å². The summed E-state index contributed by atoms with van der Waals surface area (Å²) in [5.41, 5.74) is 0. The number of aromatic nitrogens is 2. The molecule has 0 saturated heterocycles. The summed E-state index contributed by atoms with van der Waals surface area (Å²) >= 11 is 7.53. The summed E-state index contributed by atoms with van der Waals surface area (Å²) < 4.78 is 36.1. The van der Waals surface area contributed by atoms with E-state index in [0.29, 0.717) is 3.57 Å². The first-order valence-electron chi connectivity index (χ1n) is 3.62. The second-order valence-electron chi connectivity index (χ2n) is 2.54. The maximum Gasteiger partial charge on any atom is 0.389 e. The molecule has 0 aromatic carbocycles. The fourth-order valence-corrected chi connectivity index (χ4v) is 1.16. The SMILES string of the molecule is FC(F)(F)CCc1ncc(I)c(Cl)n1. The van der Waals surface area contributed by atoms with Crippen molar-refractivity contribution in [2.75, 3.05) is 0 Å². The largest absolute Gasteiger partial charge is 0.389 e. The standard InChI is InChI=1S/C7H5ClF3IN2/c8-6-4(12)3-13-5(14-6)1-2-7(9,10)11/h3H,1-2H2. The topological polar surface area (TPSA) is 25.8 Å². The minimum absolute atomic E-state index is 0.118. The molecule has 0 aliphatic heterocycles. The third-order valence-electron chi connectivity index (χ3n) is 1.38. The summed E-state index contributed by atoms with van der Waals surface area (Å²) in [6.07, 6.45) is -3.94. The van der Waals surface area contributed by atoms with Gasteiger partial charge in [-0.3, -0.25) is 0 Å². The van der Waals surface area contributed by atoms with Gasteiger partial charge in [-0.15, -0.1) is 0 Å². The molecule has 0 unspecified atom stereocenters. The van der Waals surface area contributed by atoms with Gasteiger partial charge in [0.05, 0.1) is 9.99 Å². The van der Waals surface area contributed by atoms with Crippen molar-refractivity contribution < 1.29 is 13.2 Å². The van der Waals surface area contributed by atoms with E-state index < -0.39 is 12.6 Å². The molecule has 0 saturated carbocycles. The molecule has 1 aromatic heterocycles. The first-order chi connectivity index (χ1) is 6.38.